The Balaban J connectivity index is 2.67. The Bertz CT molecular complexity index is 472. The molecular weight excluding hydrogens is 268 g/mol. The third-order valence-electron chi connectivity index (χ3n) is 3.17. The number of aromatic hydroxyl groups is 1. The summed E-state index contributed by atoms with van der Waals surface area (Å²) in [6.07, 6.45) is 2.91. The third-order valence-corrected chi connectivity index (χ3v) is 3.17. The average molecular weight is 292 g/mol. The van der Waals surface area contributed by atoms with Crippen LogP contribution in [0.25, 0.3) is 0 Å². The molecular formula is C17H24O4. The number of benzene rings is 1. The molecule has 0 aliphatic carbocycles. The van der Waals surface area contributed by atoms with E-state index < -0.39 is 12.2 Å². The first-order valence-electron chi connectivity index (χ1n) is 7.25. The van der Waals surface area contributed by atoms with Gasteiger partial charge in [-0.3, -0.25) is 0 Å². The van der Waals surface area contributed by atoms with Crippen molar-refractivity contribution in [3.8, 4) is 5.75 Å². The van der Waals surface area contributed by atoms with Crippen LogP contribution in [0, 0.1) is 0 Å². The van der Waals surface area contributed by atoms with E-state index in [4.69, 9.17) is 5.11 Å². The fraction of sp³-hybridized carbons (Fsp3) is 0.471. The SMILES string of the molecule is CCCC(=C=CC[C@@H](O)c1ccc(O)cc1)C[C@@H](O)CO. The van der Waals surface area contributed by atoms with Crippen molar-refractivity contribution in [3.63, 3.8) is 0 Å². The van der Waals surface area contributed by atoms with Gasteiger partial charge in [0.05, 0.1) is 18.8 Å². The van der Waals surface area contributed by atoms with E-state index in [1.807, 2.05) is 6.92 Å². The maximum atomic E-state index is 10.0. The topological polar surface area (TPSA) is 80.9 Å². The number of hydrogen-bond acceptors (Lipinski definition) is 4. The van der Waals surface area contributed by atoms with E-state index in [0.717, 1.165) is 24.0 Å². The Morgan fingerprint density at radius 3 is 2.48 bits per heavy atom. The fourth-order valence-electron chi connectivity index (χ4n) is 2.03. The molecule has 0 unspecified atom stereocenters. The van der Waals surface area contributed by atoms with E-state index in [9.17, 15) is 15.3 Å². The molecule has 0 aromatic heterocycles. The highest BCUT2D eigenvalue weighted by molar-refractivity contribution is 5.27. The quantitative estimate of drug-likeness (QED) is 0.555. The van der Waals surface area contributed by atoms with Crippen molar-refractivity contribution in [2.45, 2.75) is 44.8 Å². The number of rotatable bonds is 8. The lowest BCUT2D eigenvalue weighted by molar-refractivity contribution is 0.0948. The Labute approximate surface area is 125 Å². The van der Waals surface area contributed by atoms with Crippen molar-refractivity contribution < 1.29 is 20.4 Å². The van der Waals surface area contributed by atoms with Gasteiger partial charge in [-0.05, 0) is 35.8 Å². The van der Waals surface area contributed by atoms with Crippen molar-refractivity contribution in [1.29, 1.82) is 0 Å². The van der Waals surface area contributed by atoms with Gasteiger partial charge < -0.3 is 20.4 Å². The molecule has 0 fully saturated rings. The summed E-state index contributed by atoms with van der Waals surface area (Å²) in [7, 11) is 0. The summed E-state index contributed by atoms with van der Waals surface area (Å²) in [5, 5.41) is 37.6. The van der Waals surface area contributed by atoms with E-state index in [-0.39, 0.29) is 12.4 Å². The molecule has 116 valence electrons. The summed E-state index contributed by atoms with van der Waals surface area (Å²) in [6, 6.07) is 6.44. The summed E-state index contributed by atoms with van der Waals surface area (Å²) < 4.78 is 0. The molecule has 0 bridgehead atoms. The van der Waals surface area contributed by atoms with E-state index in [2.05, 4.69) is 5.73 Å². The lowest BCUT2D eigenvalue weighted by atomic mass is 10.0. The monoisotopic (exact) mass is 292 g/mol. The predicted molar refractivity (Wildman–Crippen MR) is 81.9 cm³/mol. The van der Waals surface area contributed by atoms with Crippen molar-refractivity contribution in [2.24, 2.45) is 0 Å². The Morgan fingerprint density at radius 1 is 1.24 bits per heavy atom. The third kappa shape index (κ3) is 6.61. The minimum absolute atomic E-state index is 0.171. The zero-order valence-electron chi connectivity index (χ0n) is 12.4. The fourth-order valence-corrected chi connectivity index (χ4v) is 2.03. The largest absolute Gasteiger partial charge is 0.508 e. The second-order valence-electron chi connectivity index (χ2n) is 5.09. The zero-order valence-corrected chi connectivity index (χ0v) is 12.4. The molecule has 0 spiro atoms. The molecule has 4 N–H and O–H groups in total. The van der Waals surface area contributed by atoms with Crippen LogP contribution < -0.4 is 0 Å². The molecule has 4 nitrogen and oxygen atoms in total. The Kier molecular flexibility index (Phi) is 7.80. The molecule has 0 saturated carbocycles. The van der Waals surface area contributed by atoms with Gasteiger partial charge in [0, 0.05) is 12.8 Å². The standard InChI is InChI=1S/C17H24O4/c1-2-4-13(11-16(20)12-18)5-3-6-17(21)14-7-9-15(19)10-8-14/h3,7-10,16-21H,2,4,6,11-12H2,1H3/t5?,16-,17-/m1/s1. The van der Waals surface area contributed by atoms with Crippen LogP contribution in [0.5, 0.6) is 5.75 Å². The molecule has 1 aromatic carbocycles. The smallest absolute Gasteiger partial charge is 0.115 e. The lowest BCUT2D eigenvalue weighted by Gasteiger charge is -2.09. The van der Waals surface area contributed by atoms with Crippen LogP contribution in [0.4, 0.5) is 0 Å². The molecule has 4 heteroatoms. The van der Waals surface area contributed by atoms with Crippen LogP contribution in [-0.2, 0) is 0 Å². The highest BCUT2D eigenvalue weighted by Gasteiger charge is 2.07. The second-order valence-corrected chi connectivity index (χ2v) is 5.09. The molecule has 0 aliphatic heterocycles. The van der Waals surface area contributed by atoms with Crippen molar-refractivity contribution >= 4 is 0 Å². The molecule has 2 atom stereocenters. The van der Waals surface area contributed by atoms with E-state index in [1.165, 1.54) is 12.1 Å². The van der Waals surface area contributed by atoms with Gasteiger partial charge in [0.2, 0.25) is 0 Å². The van der Waals surface area contributed by atoms with Crippen LogP contribution in [-0.4, -0.2) is 33.1 Å². The maximum absolute atomic E-state index is 10.0. The van der Waals surface area contributed by atoms with Crippen LogP contribution in [0.2, 0.25) is 0 Å². The number of phenols is 1. The van der Waals surface area contributed by atoms with Gasteiger partial charge in [-0.25, -0.2) is 0 Å². The van der Waals surface area contributed by atoms with Crippen molar-refractivity contribution in [3.05, 3.63) is 47.2 Å². The summed E-state index contributed by atoms with van der Waals surface area (Å²) in [4.78, 5) is 0. The van der Waals surface area contributed by atoms with Gasteiger partial charge in [0.15, 0.2) is 0 Å². The predicted octanol–water partition coefficient (Wildman–Crippen LogP) is 2.44. The van der Waals surface area contributed by atoms with Gasteiger partial charge in [0.25, 0.3) is 0 Å². The van der Waals surface area contributed by atoms with Crippen LogP contribution in [0.3, 0.4) is 0 Å². The van der Waals surface area contributed by atoms with Crippen molar-refractivity contribution in [2.75, 3.05) is 6.61 Å². The van der Waals surface area contributed by atoms with Gasteiger partial charge in [-0.1, -0.05) is 25.5 Å². The summed E-state index contributed by atoms with van der Waals surface area (Å²) >= 11 is 0. The van der Waals surface area contributed by atoms with Crippen LogP contribution >= 0.6 is 0 Å². The minimum Gasteiger partial charge on any atom is -0.508 e. The number of hydrogen-bond donors (Lipinski definition) is 4. The van der Waals surface area contributed by atoms with E-state index >= 15 is 0 Å². The number of aliphatic hydroxyl groups excluding tert-OH is 3. The molecule has 0 heterocycles. The molecule has 0 saturated heterocycles. The molecule has 0 radical (unpaired) electrons. The lowest BCUT2D eigenvalue weighted by Crippen LogP contribution is -2.12. The molecule has 1 aromatic rings. The molecule has 1 rings (SSSR count). The summed E-state index contributed by atoms with van der Waals surface area (Å²) in [5.74, 6) is 0.171. The van der Waals surface area contributed by atoms with Gasteiger partial charge in [0.1, 0.15) is 5.75 Å². The minimum atomic E-state index is -0.755. The Morgan fingerprint density at radius 2 is 1.90 bits per heavy atom. The number of phenolic OH excluding ortho intramolecular Hbond substituents is 1. The maximum Gasteiger partial charge on any atom is 0.115 e. The van der Waals surface area contributed by atoms with Gasteiger partial charge in [-0.15, -0.1) is 5.73 Å². The van der Waals surface area contributed by atoms with Crippen LogP contribution in [0.1, 0.15) is 44.3 Å². The second kappa shape index (κ2) is 9.37. The zero-order chi connectivity index (χ0) is 15.7. The highest BCUT2D eigenvalue weighted by Crippen LogP contribution is 2.20. The van der Waals surface area contributed by atoms with E-state index in [0.29, 0.717) is 12.8 Å². The molecule has 0 aliphatic rings. The van der Waals surface area contributed by atoms with Crippen LogP contribution in [0.15, 0.2) is 41.6 Å². The Hall–Kier alpha value is -1.58. The van der Waals surface area contributed by atoms with Gasteiger partial charge in [-0.2, -0.15) is 0 Å². The average Bonchev–Trinajstić information content (AvgIpc) is 2.47. The summed E-state index contributed by atoms with van der Waals surface area (Å²) in [5.41, 5.74) is 4.79. The van der Waals surface area contributed by atoms with Gasteiger partial charge >= 0.3 is 0 Å². The molecule has 0 amide bonds. The normalized spacial score (nSPS) is 13.3. The first kappa shape index (κ1) is 17.5. The first-order valence-corrected chi connectivity index (χ1v) is 7.25. The number of aliphatic hydroxyl groups is 3. The van der Waals surface area contributed by atoms with Crippen molar-refractivity contribution in [1.82, 2.24) is 0 Å². The summed E-state index contributed by atoms with van der Waals surface area (Å²) in [6.45, 7) is 1.78. The first-order chi connectivity index (χ1) is 10.1. The van der Waals surface area contributed by atoms with E-state index in [1.54, 1.807) is 18.2 Å². The highest BCUT2D eigenvalue weighted by atomic mass is 16.3. The molecule has 21 heavy (non-hydrogen) atoms.